The summed E-state index contributed by atoms with van der Waals surface area (Å²) < 4.78 is 0. The van der Waals surface area contributed by atoms with Crippen molar-refractivity contribution in [2.45, 2.75) is 6.04 Å². The van der Waals surface area contributed by atoms with Crippen LogP contribution >= 0.6 is 11.6 Å². The summed E-state index contributed by atoms with van der Waals surface area (Å²) in [5, 5.41) is 4.00. The minimum Gasteiger partial charge on any atom is -0.360 e. The Balaban J connectivity index is 2.20. The van der Waals surface area contributed by atoms with Gasteiger partial charge in [0.15, 0.2) is 0 Å². The predicted molar refractivity (Wildman–Crippen MR) is 72.2 cm³/mol. The summed E-state index contributed by atoms with van der Waals surface area (Å²) in [5.41, 5.74) is 1.07. The first kappa shape index (κ1) is 11.7. The molecular weight excluding hydrogens is 232 g/mol. The molecule has 1 heterocycles. The first-order chi connectivity index (χ1) is 8.29. The van der Waals surface area contributed by atoms with Crippen LogP contribution in [0.25, 0.3) is 0 Å². The third kappa shape index (κ3) is 3.08. The zero-order valence-electron chi connectivity index (χ0n) is 9.31. The summed E-state index contributed by atoms with van der Waals surface area (Å²) in [6.07, 6.45) is 3.58. The van der Waals surface area contributed by atoms with Crippen LogP contribution in [0.15, 0.2) is 61.3 Å². The molecule has 2 rings (SSSR count). The summed E-state index contributed by atoms with van der Waals surface area (Å²) in [5.74, 6) is 0.817. The molecule has 0 spiro atoms. The monoisotopic (exact) mass is 244 g/mol. The van der Waals surface area contributed by atoms with E-state index >= 15 is 0 Å². The van der Waals surface area contributed by atoms with Crippen molar-refractivity contribution < 1.29 is 0 Å². The summed E-state index contributed by atoms with van der Waals surface area (Å²) in [7, 11) is 0. The molecule has 2 aromatic rings. The molecule has 0 aliphatic rings. The Kier molecular flexibility index (Phi) is 3.78. The van der Waals surface area contributed by atoms with E-state index in [-0.39, 0.29) is 6.04 Å². The number of hydrogen-bond acceptors (Lipinski definition) is 2. The quantitative estimate of drug-likeness (QED) is 0.820. The molecule has 3 heteroatoms. The second kappa shape index (κ2) is 5.51. The van der Waals surface area contributed by atoms with Crippen molar-refractivity contribution in [1.82, 2.24) is 4.98 Å². The molecule has 0 saturated carbocycles. The van der Waals surface area contributed by atoms with Gasteiger partial charge >= 0.3 is 0 Å². The smallest absolute Gasteiger partial charge is 0.126 e. The number of benzene rings is 1. The van der Waals surface area contributed by atoms with Crippen molar-refractivity contribution >= 4 is 17.4 Å². The largest absolute Gasteiger partial charge is 0.360 e. The second-order valence-corrected chi connectivity index (χ2v) is 4.06. The van der Waals surface area contributed by atoms with Crippen molar-refractivity contribution in [2.75, 3.05) is 5.32 Å². The van der Waals surface area contributed by atoms with Gasteiger partial charge in [0.25, 0.3) is 0 Å². The molecule has 0 radical (unpaired) electrons. The van der Waals surface area contributed by atoms with Gasteiger partial charge in [-0.2, -0.15) is 0 Å². The lowest BCUT2D eigenvalue weighted by Crippen LogP contribution is -2.08. The van der Waals surface area contributed by atoms with Gasteiger partial charge in [-0.05, 0) is 29.8 Å². The van der Waals surface area contributed by atoms with Crippen molar-refractivity contribution in [3.63, 3.8) is 0 Å². The number of halogens is 1. The molecule has 86 valence electrons. The van der Waals surface area contributed by atoms with E-state index in [0.717, 1.165) is 16.4 Å². The summed E-state index contributed by atoms with van der Waals surface area (Å²) >= 11 is 5.97. The van der Waals surface area contributed by atoms with Crippen LogP contribution in [0.3, 0.4) is 0 Å². The third-order valence-electron chi connectivity index (χ3n) is 2.41. The van der Waals surface area contributed by atoms with Crippen LogP contribution in [0, 0.1) is 0 Å². The molecule has 17 heavy (non-hydrogen) atoms. The van der Waals surface area contributed by atoms with Crippen LogP contribution in [0.2, 0.25) is 5.02 Å². The standard InChI is InChI=1S/C14H13ClN2/c1-2-13(11-6-5-7-12(15)10-11)17-14-8-3-4-9-16-14/h2-10,13H,1H2,(H,16,17). The van der Waals surface area contributed by atoms with Crippen LogP contribution < -0.4 is 5.32 Å². The molecular formula is C14H13ClN2. The van der Waals surface area contributed by atoms with Crippen LogP contribution in [0.4, 0.5) is 5.82 Å². The minimum absolute atomic E-state index is 0.00333. The fraction of sp³-hybridized carbons (Fsp3) is 0.0714. The molecule has 1 unspecified atom stereocenters. The zero-order valence-corrected chi connectivity index (χ0v) is 10.1. The van der Waals surface area contributed by atoms with Gasteiger partial charge in [-0.15, -0.1) is 6.58 Å². The van der Waals surface area contributed by atoms with Crippen molar-refractivity contribution in [3.8, 4) is 0 Å². The summed E-state index contributed by atoms with van der Waals surface area (Å²) in [4.78, 5) is 4.22. The first-order valence-electron chi connectivity index (χ1n) is 5.35. The molecule has 0 aliphatic carbocycles. The Morgan fingerprint density at radius 2 is 2.12 bits per heavy atom. The Morgan fingerprint density at radius 1 is 1.24 bits per heavy atom. The average Bonchev–Trinajstić information content (AvgIpc) is 2.37. The average molecular weight is 245 g/mol. The van der Waals surface area contributed by atoms with E-state index in [1.54, 1.807) is 6.20 Å². The van der Waals surface area contributed by atoms with Gasteiger partial charge < -0.3 is 5.32 Å². The van der Waals surface area contributed by atoms with Crippen molar-refractivity contribution in [2.24, 2.45) is 0 Å². The lowest BCUT2D eigenvalue weighted by atomic mass is 10.1. The van der Waals surface area contributed by atoms with E-state index in [2.05, 4.69) is 16.9 Å². The van der Waals surface area contributed by atoms with Gasteiger partial charge in [0.1, 0.15) is 5.82 Å². The highest BCUT2D eigenvalue weighted by Crippen LogP contribution is 2.21. The molecule has 1 aromatic carbocycles. The third-order valence-corrected chi connectivity index (χ3v) is 2.65. The Bertz CT molecular complexity index is 497. The van der Waals surface area contributed by atoms with Crippen LogP contribution in [0.1, 0.15) is 11.6 Å². The number of rotatable bonds is 4. The summed E-state index contributed by atoms with van der Waals surface area (Å²) in [6, 6.07) is 13.4. The highest BCUT2D eigenvalue weighted by molar-refractivity contribution is 6.30. The van der Waals surface area contributed by atoms with Gasteiger partial charge in [0, 0.05) is 11.2 Å². The molecule has 0 amide bonds. The number of nitrogens with zero attached hydrogens (tertiary/aromatic N) is 1. The normalized spacial score (nSPS) is 11.8. The van der Waals surface area contributed by atoms with Crippen LogP contribution in [-0.2, 0) is 0 Å². The molecule has 0 bridgehead atoms. The lowest BCUT2D eigenvalue weighted by Gasteiger charge is -2.15. The zero-order chi connectivity index (χ0) is 12.1. The number of pyridine rings is 1. The molecule has 1 aromatic heterocycles. The van der Waals surface area contributed by atoms with Crippen molar-refractivity contribution in [3.05, 3.63) is 71.9 Å². The lowest BCUT2D eigenvalue weighted by molar-refractivity contribution is 0.971. The maximum absolute atomic E-state index is 5.97. The second-order valence-electron chi connectivity index (χ2n) is 3.63. The number of nitrogens with one attached hydrogen (secondary N) is 1. The maximum Gasteiger partial charge on any atom is 0.126 e. The molecule has 0 fully saturated rings. The first-order valence-corrected chi connectivity index (χ1v) is 5.73. The molecule has 1 N–H and O–H groups in total. The summed E-state index contributed by atoms with van der Waals surface area (Å²) in [6.45, 7) is 3.83. The fourth-order valence-electron chi connectivity index (χ4n) is 1.59. The van der Waals surface area contributed by atoms with Gasteiger partial charge in [-0.3, -0.25) is 0 Å². The number of anilines is 1. The molecule has 0 aliphatic heterocycles. The van der Waals surface area contributed by atoms with E-state index in [1.165, 1.54) is 0 Å². The Hall–Kier alpha value is -1.80. The van der Waals surface area contributed by atoms with Crippen LogP contribution in [-0.4, -0.2) is 4.98 Å². The molecule has 2 nitrogen and oxygen atoms in total. The highest BCUT2D eigenvalue weighted by Gasteiger charge is 2.07. The molecule has 0 saturated heterocycles. The number of hydrogen-bond donors (Lipinski definition) is 1. The Morgan fingerprint density at radius 3 is 2.76 bits per heavy atom. The van der Waals surface area contributed by atoms with Gasteiger partial charge in [0.2, 0.25) is 0 Å². The van der Waals surface area contributed by atoms with Crippen molar-refractivity contribution in [1.29, 1.82) is 0 Å². The fourth-order valence-corrected chi connectivity index (χ4v) is 1.78. The maximum atomic E-state index is 5.97. The predicted octanol–water partition coefficient (Wildman–Crippen LogP) is 4.07. The van der Waals surface area contributed by atoms with Gasteiger partial charge in [-0.25, -0.2) is 4.98 Å². The molecule has 1 atom stereocenters. The topological polar surface area (TPSA) is 24.9 Å². The van der Waals surface area contributed by atoms with Gasteiger partial charge in [0.05, 0.1) is 6.04 Å². The van der Waals surface area contributed by atoms with Crippen LogP contribution in [0.5, 0.6) is 0 Å². The van der Waals surface area contributed by atoms with E-state index in [1.807, 2.05) is 48.5 Å². The Labute approximate surface area is 106 Å². The highest BCUT2D eigenvalue weighted by atomic mass is 35.5. The minimum atomic E-state index is 0.00333. The van der Waals surface area contributed by atoms with E-state index < -0.39 is 0 Å². The van der Waals surface area contributed by atoms with Gasteiger partial charge in [-0.1, -0.05) is 35.9 Å². The number of aromatic nitrogens is 1. The van der Waals surface area contributed by atoms with E-state index in [0.29, 0.717) is 0 Å². The van der Waals surface area contributed by atoms with E-state index in [9.17, 15) is 0 Å². The SMILES string of the molecule is C=CC(Nc1ccccn1)c1cccc(Cl)c1. The van der Waals surface area contributed by atoms with E-state index in [4.69, 9.17) is 11.6 Å².